The van der Waals surface area contributed by atoms with Crippen LogP contribution >= 0.6 is 0 Å². The summed E-state index contributed by atoms with van der Waals surface area (Å²) in [6.45, 7) is 0.534. The highest BCUT2D eigenvalue weighted by molar-refractivity contribution is 5.40. The second-order valence-corrected chi connectivity index (χ2v) is 3.25. The molecule has 0 amide bonds. The lowest BCUT2D eigenvalue weighted by Gasteiger charge is -2.11. The predicted molar refractivity (Wildman–Crippen MR) is 54.5 cm³/mol. The van der Waals surface area contributed by atoms with Crippen molar-refractivity contribution >= 4 is 5.69 Å². The molecule has 5 heteroatoms. The maximum Gasteiger partial charge on any atom is 0.268 e. The van der Waals surface area contributed by atoms with Crippen LogP contribution in [0.2, 0.25) is 0 Å². The highest BCUT2D eigenvalue weighted by atomic mass is 16.3. The molecule has 5 nitrogen and oxygen atoms in total. The molecule has 1 rings (SSSR count). The summed E-state index contributed by atoms with van der Waals surface area (Å²) < 4.78 is 1.35. The Kier molecular flexibility index (Phi) is 3.64. The monoisotopic (exact) mass is 197 g/mol. The van der Waals surface area contributed by atoms with Gasteiger partial charge in [0.05, 0.1) is 11.9 Å². The molecule has 1 N–H and O–H groups in total. The summed E-state index contributed by atoms with van der Waals surface area (Å²) in [7, 11) is 3.71. The number of aryl methyl sites for hydroxylation is 1. The lowest BCUT2D eigenvalue weighted by Crippen LogP contribution is -2.24. The van der Waals surface area contributed by atoms with Gasteiger partial charge in [-0.15, -0.1) is 0 Å². The third-order valence-electron chi connectivity index (χ3n) is 1.90. The molecule has 78 valence electrons. The summed E-state index contributed by atoms with van der Waals surface area (Å²) in [5.41, 5.74) is 0.653. The Balaban J connectivity index is 2.85. The Hall–Kier alpha value is -1.36. The average molecular weight is 197 g/mol. The summed E-state index contributed by atoms with van der Waals surface area (Å²) in [5, 5.41) is 12.6. The largest absolute Gasteiger partial charge is 0.396 e. The van der Waals surface area contributed by atoms with Gasteiger partial charge in [-0.3, -0.25) is 4.79 Å². The van der Waals surface area contributed by atoms with E-state index < -0.39 is 0 Å². The van der Waals surface area contributed by atoms with Gasteiger partial charge in [0.15, 0.2) is 0 Å². The zero-order valence-corrected chi connectivity index (χ0v) is 8.47. The minimum absolute atomic E-state index is 0.0730. The Morgan fingerprint density at radius 3 is 2.79 bits per heavy atom. The van der Waals surface area contributed by atoms with Gasteiger partial charge in [-0.25, -0.2) is 4.68 Å². The lowest BCUT2D eigenvalue weighted by atomic mass is 10.4. The van der Waals surface area contributed by atoms with Crippen LogP contribution in [0, 0.1) is 0 Å². The van der Waals surface area contributed by atoms with Crippen molar-refractivity contribution in [3.05, 3.63) is 22.6 Å². The number of aromatic nitrogens is 2. The number of hydrogen-bond donors (Lipinski definition) is 1. The molecule has 0 aliphatic rings. The van der Waals surface area contributed by atoms with Gasteiger partial charge >= 0.3 is 0 Å². The highest BCUT2D eigenvalue weighted by Gasteiger charge is 2.00. The number of rotatable bonds is 4. The first kappa shape index (κ1) is 10.7. The summed E-state index contributed by atoms with van der Waals surface area (Å²) in [6.07, 6.45) is 2.19. The highest BCUT2D eigenvalue weighted by Crippen LogP contribution is 2.03. The van der Waals surface area contributed by atoms with Crippen LogP contribution in [0.25, 0.3) is 0 Å². The van der Waals surface area contributed by atoms with Crippen molar-refractivity contribution in [3.8, 4) is 0 Å². The smallest absolute Gasteiger partial charge is 0.268 e. The third kappa shape index (κ3) is 2.56. The Labute approximate surface area is 82.6 Å². The third-order valence-corrected chi connectivity index (χ3v) is 1.90. The lowest BCUT2D eigenvalue weighted by molar-refractivity contribution is 0.275. The quantitative estimate of drug-likeness (QED) is 0.719. The molecule has 0 saturated heterocycles. The number of anilines is 1. The van der Waals surface area contributed by atoms with Crippen molar-refractivity contribution < 1.29 is 5.11 Å². The fourth-order valence-corrected chi connectivity index (χ4v) is 1.06. The van der Waals surface area contributed by atoms with E-state index in [1.54, 1.807) is 6.20 Å². The van der Waals surface area contributed by atoms with E-state index in [-0.39, 0.29) is 12.2 Å². The Bertz CT molecular complexity index is 346. The predicted octanol–water partition coefficient (Wildman–Crippen LogP) is -0.308. The first-order valence-corrected chi connectivity index (χ1v) is 4.50. The molecule has 1 heterocycles. The molecule has 1 aromatic rings. The van der Waals surface area contributed by atoms with Gasteiger partial charge in [0, 0.05) is 33.3 Å². The molecule has 0 radical (unpaired) electrons. The van der Waals surface area contributed by atoms with E-state index in [9.17, 15) is 4.79 Å². The normalized spacial score (nSPS) is 10.2. The van der Waals surface area contributed by atoms with E-state index >= 15 is 0 Å². The van der Waals surface area contributed by atoms with E-state index in [1.807, 2.05) is 19.0 Å². The van der Waals surface area contributed by atoms with Crippen LogP contribution in [-0.4, -0.2) is 35.6 Å². The minimum Gasteiger partial charge on any atom is -0.396 e. The first-order chi connectivity index (χ1) is 6.65. The molecule has 0 atom stereocenters. The van der Waals surface area contributed by atoms with E-state index in [1.165, 1.54) is 10.7 Å². The molecule has 0 aliphatic heterocycles. The van der Waals surface area contributed by atoms with Crippen molar-refractivity contribution in [2.24, 2.45) is 0 Å². The van der Waals surface area contributed by atoms with Crippen LogP contribution in [0.1, 0.15) is 6.42 Å². The molecule has 0 aliphatic carbocycles. The van der Waals surface area contributed by atoms with Gasteiger partial charge in [-0.05, 0) is 6.42 Å². The van der Waals surface area contributed by atoms with E-state index in [2.05, 4.69) is 5.10 Å². The van der Waals surface area contributed by atoms with Crippen molar-refractivity contribution in [3.63, 3.8) is 0 Å². The van der Waals surface area contributed by atoms with Crippen LogP contribution in [0.15, 0.2) is 17.1 Å². The van der Waals surface area contributed by atoms with Crippen molar-refractivity contribution in [1.82, 2.24) is 9.78 Å². The fraction of sp³-hybridized carbons (Fsp3) is 0.556. The first-order valence-electron chi connectivity index (χ1n) is 4.50. The van der Waals surface area contributed by atoms with Gasteiger partial charge < -0.3 is 10.0 Å². The van der Waals surface area contributed by atoms with Gasteiger partial charge in [0.1, 0.15) is 0 Å². The zero-order valence-electron chi connectivity index (χ0n) is 8.47. The van der Waals surface area contributed by atoms with Crippen LogP contribution in [0.5, 0.6) is 0 Å². The second kappa shape index (κ2) is 4.76. The maximum atomic E-state index is 11.4. The van der Waals surface area contributed by atoms with E-state index in [0.29, 0.717) is 13.0 Å². The number of nitrogens with zero attached hydrogens (tertiary/aromatic N) is 3. The maximum absolute atomic E-state index is 11.4. The molecule has 0 unspecified atom stereocenters. The summed E-state index contributed by atoms with van der Waals surface area (Å²) in [6, 6.07) is 1.53. The Morgan fingerprint density at radius 1 is 1.57 bits per heavy atom. The van der Waals surface area contributed by atoms with Gasteiger partial charge in [0.2, 0.25) is 0 Å². The van der Waals surface area contributed by atoms with Gasteiger partial charge in [-0.2, -0.15) is 5.10 Å². The molecule has 0 spiro atoms. The van der Waals surface area contributed by atoms with E-state index in [0.717, 1.165) is 5.69 Å². The molecule has 0 fully saturated rings. The van der Waals surface area contributed by atoms with Crippen molar-refractivity contribution in [2.45, 2.75) is 13.0 Å². The van der Waals surface area contributed by atoms with Crippen LogP contribution < -0.4 is 10.5 Å². The molecular formula is C9H15N3O2. The summed E-state index contributed by atoms with van der Waals surface area (Å²) in [4.78, 5) is 13.3. The number of aliphatic hydroxyl groups is 1. The zero-order chi connectivity index (χ0) is 10.6. The molecule has 0 bridgehead atoms. The van der Waals surface area contributed by atoms with Crippen LogP contribution in [0.3, 0.4) is 0 Å². The number of hydrogen-bond acceptors (Lipinski definition) is 4. The fourth-order valence-electron chi connectivity index (χ4n) is 1.06. The van der Waals surface area contributed by atoms with Gasteiger partial charge in [0.25, 0.3) is 5.56 Å². The Morgan fingerprint density at radius 2 is 2.29 bits per heavy atom. The topological polar surface area (TPSA) is 58.4 Å². The van der Waals surface area contributed by atoms with Crippen LogP contribution in [-0.2, 0) is 6.54 Å². The minimum atomic E-state index is -0.135. The average Bonchev–Trinajstić information content (AvgIpc) is 2.15. The molecule has 1 aromatic heterocycles. The van der Waals surface area contributed by atoms with Crippen molar-refractivity contribution in [1.29, 1.82) is 0 Å². The molecular weight excluding hydrogens is 182 g/mol. The van der Waals surface area contributed by atoms with Gasteiger partial charge in [-0.1, -0.05) is 0 Å². The standard InChI is InChI=1S/C9H15N3O2/c1-11(2)8-6-9(14)12(10-7-8)4-3-5-13/h6-7,13H,3-5H2,1-2H3. The van der Waals surface area contributed by atoms with Crippen molar-refractivity contribution in [2.75, 3.05) is 25.6 Å². The van der Waals surface area contributed by atoms with E-state index in [4.69, 9.17) is 5.11 Å². The summed E-state index contributed by atoms with van der Waals surface area (Å²) in [5.74, 6) is 0. The molecule has 0 aromatic carbocycles. The molecule has 14 heavy (non-hydrogen) atoms. The summed E-state index contributed by atoms with van der Waals surface area (Å²) >= 11 is 0. The SMILES string of the molecule is CN(C)c1cnn(CCCO)c(=O)c1. The van der Waals surface area contributed by atoms with Crippen LogP contribution in [0.4, 0.5) is 5.69 Å². The number of aliphatic hydroxyl groups excluding tert-OH is 1. The second-order valence-electron chi connectivity index (χ2n) is 3.25. The molecule has 0 saturated carbocycles.